The van der Waals surface area contributed by atoms with Crippen LogP contribution in [0.1, 0.15) is 27.8 Å². The molecule has 2 aromatic carbocycles. The van der Waals surface area contributed by atoms with Crippen molar-refractivity contribution in [1.82, 2.24) is 20.0 Å². The topological polar surface area (TPSA) is 67.2 Å². The largest absolute Gasteiger partial charge is 0.342 e. The summed E-state index contributed by atoms with van der Waals surface area (Å²) in [5.41, 5.74) is 1.55. The van der Waals surface area contributed by atoms with Crippen molar-refractivity contribution < 1.29 is 4.79 Å². The summed E-state index contributed by atoms with van der Waals surface area (Å²) >= 11 is 6.28. The molecule has 0 aliphatic carbocycles. The third-order valence-corrected chi connectivity index (χ3v) is 4.78. The predicted molar refractivity (Wildman–Crippen MR) is 115 cm³/mol. The Morgan fingerprint density at radius 1 is 1.14 bits per heavy atom. The first-order valence-corrected chi connectivity index (χ1v) is 9.61. The molecule has 0 spiro atoms. The number of carbonyl (C=O) groups excluding carboxylic acids is 1. The molecule has 0 aliphatic rings. The molecule has 3 aromatic rings. The normalized spacial score (nSPS) is 12.0. The zero-order valence-corrected chi connectivity index (χ0v) is 17.3. The molecule has 0 fully saturated rings. The number of para-hydroxylation sites is 1. The number of carbonyl (C=O) groups is 1. The van der Waals surface area contributed by atoms with Gasteiger partial charge < -0.3 is 10.2 Å². The van der Waals surface area contributed by atoms with Crippen LogP contribution in [0.2, 0.25) is 5.02 Å². The lowest BCUT2D eigenvalue weighted by molar-refractivity contribution is 0.0922. The van der Waals surface area contributed by atoms with Crippen molar-refractivity contribution in [3.05, 3.63) is 92.9 Å². The summed E-state index contributed by atoms with van der Waals surface area (Å²) < 4.78 is 1.52. The lowest BCUT2D eigenvalue weighted by Gasteiger charge is -2.23. The average Bonchev–Trinajstić information content (AvgIpc) is 2.68. The Kier molecular flexibility index (Phi) is 6.46. The first-order chi connectivity index (χ1) is 13.9. The molecular weight excluding hydrogens is 388 g/mol. The van der Waals surface area contributed by atoms with Crippen LogP contribution in [-0.4, -0.2) is 41.2 Å². The summed E-state index contributed by atoms with van der Waals surface area (Å²) in [5, 5.41) is 7.75. The summed E-state index contributed by atoms with van der Waals surface area (Å²) in [6, 6.07) is 17.9. The van der Waals surface area contributed by atoms with E-state index in [-0.39, 0.29) is 11.7 Å². The number of hydrogen-bond donors (Lipinski definition) is 1. The molecular formula is C22H23ClN4O2. The summed E-state index contributed by atoms with van der Waals surface area (Å²) in [6.07, 6.45) is 0. The number of rotatable bonds is 6. The van der Waals surface area contributed by atoms with Gasteiger partial charge in [-0.15, -0.1) is 0 Å². The van der Waals surface area contributed by atoms with Crippen molar-refractivity contribution in [1.29, 1.82) is 0 Å². The first kappa shape index (κ1) is 20.8. The minimum absolute atomic E-state index is 0.171. The summed E-state index contributed by atoms with van der Waals surface area (Å²) in [4.78, 5) is 27.5. The van der Waals surface area contributed by atoms with Crippen LogP contribution in [0.4, 0.5) is 0 Å². The highest BCUT2D eigenvalue weighted by Gasteiger charge is 2.21. The van der Waals surface area contributed by atoms with Gasteiger partial charge in [0.15, 0.2) is 5.69 Å². The van der Waals surface area contributed by atoms with Crippen LogP contribution in [0.3, 0.4) is 0 Å². The number of aryl methyl sites for hydroxylation is 1. The van der Waals surface area contributed by atoms with E-state index in [1.54, 1.807) is 19.1 Å². The van der Waals surface area contributed by atoms with E-state index in [1.165, 1.54) is 10.7 Å². The van der Waals surface area contributed by atoms with Gasteiger partial charge in [0.05, 0.1) is 16.8 Å². The van der Waals surface area contributed by atoms with Crippen LogP contribution in [0.25, 0.3) is 5.69 Å². The molecule has 1 aromatic heterocycles. The maximum atomic E-state index is 13.0. The highest BCUT2D eigenvalue weighted by molar-refractivity contribution is 6.32. The Bertz CT molecular complexity index is 1060. The van der Waals surface area contributed by atoms with Crippen LogP contribution in [0.5, 0.6) is 0 Å². The van der Waals surface area contributed by atoms with Gasteiger partial charge in [0.2, 0.25) is 5.43 Å². The molecule has 0 saturated heterocycles. The third-order valence-electron chi connectivity index (χ3n) is 4.46. The Labute approximate surface area is 174 Å². The summed E-state index contributed by atoms with van der Waals surface area (Å²) in [5.74, 6) is -0.522. The smallest absolute Gasteiger partial charge is 0.276 e. The Hall–Kier alpha value is -2.96. The van der Waals surface area contributed by atoms with E-state index in [2.05, 4.69) is 10.4 Å². The molecule has 1 heterocycles. The van der Waals surface area contributed by atoms with Crippen molar-refractivity contribution in [2.45, 2.75) is 13.0 Å². The quantitative estimate of drug-likeness (QED) is 0.677. The maximum absolute atomic E-state index is 13.0. The van der Waals surface area contributed by atoms with E-state index in [0.29, 0.717) is 22.9 Å². The van der Waals surface area contributed by atoms with E-state index in [0.717, 1.165) is 5.56 Å². The zero-order chi connectivity index (χ0) is 21.0. The molecule has 1 amide bonds. The molecule has 3 rings (SSSR count). The van der Waals surface area contributed by atoms with Crippen molar-refractivity contribution in [3.63, 3.8) is 0 Å². The number of amides is 1. The number of benzene rings is 2. The molecule has 1 unspecified atom stereocenters. The van der Waals surface area contributed by atoms with Gasteiger partial charge in [-0.1, -0.05) is 54.1 Å². The second kappa shape index (κ2) is 9.03. The van der Waals surface area contributed by atoms with Gasteiger partial charge >= 0.3 is 0 Å². The lowest BCUT2D eigenvalue weighted by atomic mass is 10.1. The van der Waals surface area contributed by atoms with Gasteiger partial charge in [0, 0.05) is 18.3 Å². The second-order valence-electron chi connectivity index (χ2n) is 7.06. The average molecular weight is 411 g/mol. The van der Waals surface area contributed by atoms with Crippen LogP contribution < -0.4 is 10.7 Å². The van der Waals surface area contributed by atoms with Crippen molar-refractivity contribution >= 4 is 17.5 Å². The van der Waals surface area contributed by atoms with Crippen LogP contribution in [0.15, 0.2) is 65.5 Å². The highest BCUT2D eigenvalue weighted by Crippen LogP contribution is 2.20. The number of hydrogen-bond acceptors (Lipinski definition) is 4. The monoisotopic (exact) mass is 410 g/mol. The number of aromatic nitrogens is 2. The Morgan fingerprint density at radius 2 is 1.79 bits per heavy atom. The zero-order valence-electron chi connectivity index (χ0n) is 16.6. The first-order valence-electron chi connectivity index (χ1n) is 9.23. The number of nitrogens with zero attached hydrogens (tertiary/aromatic N) is 3. The molecule has 7 heteroatoms. The molecule has 0 saturated carbocycles. The van der Waals surface area contributed by atoms with Crippen molar-refractivity contribution in [2.75, 3.05) is 20.6 Å². The minimum Gasteiger partial charge on any atom is -0.342 e. The van der Waals surface area contributed by atoms with Gasteiger partial charge in [-0.05, 0) is 38.7 Å². The fourth-order valence-electron chi connectivity index (χ4n) is 3.08. The second-order valence-corrected chi connectivity index (χ2v) is 7.47. The van der Waals surface area contributed by atoms with E-state index >= 15 is 0 Å². The molecule has 6 nitrogen and oxygen atoms in total. The summed E-state index contributed by atoms with van der Waals surface area (Å²) in [6.45, 7) is 2.33. The van der Waals surface area contributed by atoms with E-state index in [4.69, 9.17) is 11.6 Å². The molecule has 1 N–H and O–H groups in total. The Morgan fingerprint density at radius 3 is 2.45 bits per heavy atom. The van der Waals surface area contributed by atoms with Crippen LogP contribution >= 0.6 is 11.6 Å². The van der Waals surface area contributed by atoms with Crippen LogP contribution in [0, 0.1) is 6.92 Å². The van der Waals surface area contributed by atoms with Gasteiger partial charge in [-0.3, -0.25) is 9.59 Å². The highest BCUT2D eigenvalue weighted by atomic mass is 35.5. The SMILES string of the molecule is Cc1cc(=O)c(C(=O)NC(CN(C)C)c2ccccc2)nn1-c1ccccc1Cl. The van der Waals surface area contributed by atoms with Gasteiger partial charge in [0.1, 0.15) is 0 Å². The Balaban J connectivity index is 1.97. The molecule has 0 bridgehead atoms. The molecule has 1 atom stereocenters. The fourth-order valence-corrected chi connectivity index (χ4v) is 3.30. The van der Waals surface area contributed by atoms with Crippen molar-refractivity contribution in [2.24, 2.45) is 0 Å². The standard InChI is InChI=1S/C22H23ClN4O2/c1-15-13-20(28)21(25-27(15)19-12-8-7-11-17(19)23)22(29)24-18(14-26(2)3)16-9-5-4-6-10-16/h4-13,18H,14H2,1-3H3,(H,24,29). The maximum Gasteiger partial charge on any atom is 0.276 e. The van der Waals surface area contributed by atoms with Gasteiger partial charge in [-0.2, -0.15) is 5.10 Å². The van der Waals surface area contributed by atoms with Crippen LogP contribution in [-0.2, 0) is 0 Å². The fraction of sp³-hybridized carbons (Fsp3) is 0.227. The van der Waals surface area contributed by atoms with E-state index in [1.807, 2.05) is 61.5 Å². The van der Waals surface area contributed by atoms with E-state index in [9.17, 15) is 9.59 Å². The molecule has 150 valence electrons. The van der Waals surface area contributed by atoms with Gasteiger partial charge in [-0.25, -0.2) is 4.68 Å². The third kappa shape index (κ3) is 4.91. The lowest BCUT2D eigenvalue weighted by Crippen LogP contribution is -2.38. The van der Waals surface area contributed by atoms with Crippen molar-refractivity contribution in [3.8, 4) is 5.69 Å². The number of halogens is 1. The van der Waals surface area contributed by atoms with Gasteiger partial charge in [0.25, 0.3) is 5.91 Å². The minimum atomic E-state index is -0.522. The molecule has 0 radical (unpaired) electrons. The molecule has 0 aliphatic heterocycles. The summed E-state index contributed by atoms with van der Waals surface area (Å²) in [7, 11) is 3.85. The predicted octanol–water partition coefficient (Wildman–Crippen LogP) is 3.23. The molecule has 29 heavy (non-hydrogen) atoms. The van der Waals surface area contributed by atoms with E-state index < -0.39 is 11.3 Å². The number of nitrogens with one attached hydrogen (secondary N) is 1. The number of likely N-dealkylation sites (N-methyl/N-ethyl adjacent to an activating group) is 1.